The van der Waals surface area contributed by atoms with Crippen molar-refractivity contribution in [2.75, 3.05) is 19.8 Å². The minimum Gasteiger partial charge on any atom is -0.489 e. The summed E-state index contributed by atoms with van der Waals surface area (Å²) in [5.74, 6) is 1.20. The Morgan fingerprint density at radius 1 is 1.00 bits per heavy atom. The van der Waals surface area contributed by atoms with Gasteiger partial charge in [0.05, 0.1) is 25.3 Å². The average Bonchev–Trinajstić information content (AvgIpc) is 2.57. The molecule has 0 saturated carbocycles. The molecule has 0 saturated heterocycles. The summed E-state index contributed by atoms with van der Waals surface area (Å²) in [6.07, 6.45) is 0. The first kappa shape index (κ1) is 19.8. The molecule has 2 rings (SSSR count). The van der Waals surface area contributed by atoms with Crippen LogP contribution in [0.25, 0.3) is 10.9 Å². The van der Waals surface area contributed by atoms with Crippen LogP contribution < -0.4 is 14.9 Å². The van der Waals surface area contributed by atoms with Crippen molar-refractivity contribution in [3.05, 3.63) is 34.1 Å². The highest BCUT2D eigenvalue weighted by molar-refractivity contribution is 5.91. The molecule has 26 heavy (non-hydrogen) atoms. The molecule has 0 unspecified atom stereocenters. The predicted molar refractivity (Wildman–Crippen MR) is 101 cm³/mol. The number of ether oxygens (including phenoxy) is 3. The Kier molecular flexibility index (Phi) is 6.66. The molecule has 1 aromatic carbocycles. The van der Waals surface area contributed by atoms with Crippen molar-refractivity contribution >= 4 is 16.9 Å². The van der Waals surface area contributed by atoms with Gasteiger partial charge in [0.25, 0.3) is 0 Å². The van der Waals surface area contributed by atoms with E-state index in [4.69, 9.17) is 14.2 Å². The van der Waals surface area contributed by atoms with E-state index >= 15 is 0 Å². The highest BCUT2D eigenvalue weighted by atomic mass is 16.5. The van der Waals surface area contributed by atoms with Crippen LogP contribution in [0.2, 0.25) is 0 Å². The van der Waals surface area contributed by atoms with Crippen molar-refractivity contribution in [1.82, 2.24) is 4.98 Å². The Bertz CT molecular complexity index is 823. The van der Waals surface area contributed by atoms with Crippen LogP contribution in [-0.4, -0.2) is 30.8 Å². The third-order valence-corrected chi connectivity index (χ3v) is 3.53. The van der Waals surface area contributed by atoms with Crippen LogP contribution in [0.5, 0.6) is 11.5 Å². The van der Waals surface area contributed by atoms with Gasteiger partial charge >= 0.3 is 5.97 Å². The van der Waals surface area contributed by atoms with Crippen molar-refractivity contribution in [2.24, 2.45) is 11.8 Å². The molecular weight excluding hydrogens is 334 g/mol. The van der Waals surface area contributed by atoms with Gasteiger partial charge in [-0.2, -0.15) is 0 Å². The molecule has 2 aromatic rings. The lowest BCUT2D eigenvalue weighted by Crippen LogP contribution is -2.14. The summed E-state index contributed by atoms with van der Waals surface area (Å²) in [6, 6.07) is 4.62. The number of hydrogen-bond acceptors (Lipinski definition) is 5. The molecule has 0 aliphatic rings. The highest BCUT2D eigenvalue weighted by Crippen LogP contribution is 2.31. The van der Waals surface area contributed by atoms with E-state index in [9.17, 15) is 9.59 Å². The summed E-state index contributed by atoms with van der Waals surface area (Å²) in [5, 5.41) is 0.439. The molecule has 0 spiro atoms. The number of carbonyl (C=O) groups excluding carboxylic acids is 1. The number of aromatic amines is 1. The molecule has 0 aliphatic heterocycles. The van der Waals surface area contributed by atoms with Crippen molar-refractivity contribution < 1.29 is 19.0 Å². The molecule has 0 amide bonds. The third kappa shape index (κ3) is 5.00. The largest absolute Gasteiger partial charge is 0.489 e. The van der Waals surface area contributed by atoms with Crippen LogP contribution in [0.4, 0.5) is 0 Å². The number of carbonyl (C=O) groups is 1. The fraction of sp³-hybridized carbons (Fsp3) is 0.500. The van der Waals surface area contributed by atoms with Crippen LogP contribution in [0.15, 0.2) is 23.0 Å². The summed E-state index contributed by atoms with van der Waals surface area (Å²) in [6.45, 7) is 11.2. The number of aromatic nitrogens is 1. The van der Waals surface area contributed by atoms with Crippen molar-refractivity contribution in [3.8, 4) is 11.5 Å². The van der Waals surface area contributed by atoms with Gasteiger partial charge in [-0.15, -0.1) is 0 Å². The van der Waals surface area contributed by atoms with Gasteiger partial charge in [0.15, 0.2) is 16.9 Å². The number of esters is 1. The van der Waals surface area contributed by atoms with E-state index in [1.807, 2.05) is 13.8 Å². The lowest BCUT2D eigenvalue weighted by molar-refractivity contribution is 0.0520. The SMILES string of the molecule is CCOC(=O)c1cc(=O)c2cc(OCC(C)C)c(OCC(C)C)cc2[nH]1. The molecule has 0 aliphatic carbocycles. The summed E-state index contributed by atoms with van der Waals surface area (Å²) in [4.78, 5) is 27.4. The number of benzene rings is 1. The molecular formula is C20H27NO5. The van der Waals surface area contributed by atoms with Crippen LogP contribution in [-0.2, 0) is 4.74 Å². The first-order valence-corrected chi connectivity index (χ1v) is 8.95. The van der Waals surface area contributed by atoms with E-state index in [0.717, 1.165) is 0 Å². The first-order valence-electron chi connectivity index (χ1n) is 8.95. The fourth-order valence-electron chi connectivity index (χ4n) is 2.31. The average molecular weight is 361 g/mol. The van der Waals surface area contributed by atoms with Gasteiger partial charge in [0.1, 0.15) is 5.69 Å². The predicted octanol–water partition coefficient (Wildman–Crippen LogP) is 3.77. The number of nitrogens with one attached hydrogen (secondary N) is 1. The maximum Gasteiger partial charge on any atom is 0.354 e. The van der Waals surface area contributed by atoms with E-state index in [-0.39, 0.29) is 17.7 Å². The summed E-state index contributed by atoms with van der Waals surface area (Å²) in [7, 11) is 0. The summed E-state index contributed by atoms with van der Waals surface area (Å²) < 4.78 is 16.7. The van der Waals surface area contributed by atoms with E-state index in [1.165, 1.54) is 6.07 Å². The molecule has 142 valence electrons. The molecule has 0 fully saturated rings. The van der Waals surface area contributed by atoms with Crippen molar-refractivity contribution in [1.29, 1.82) is 0 Å². The van der Waals surface area contributed by atoms with Gasteiger partial charge in [-0.3, -0.25) is 4.79 Å². The quantitative estimate of drug-likeness (QED) is 0.724. The Hall–Kier alpha value is -2.50. The fourth-order valence-corrected chi connectivity index (χ4v) is 2.31. The second-order valence-corrected chi connectivity index (χ2v) is 7.02. The first-order chi connectivity index (χ1) is 12.3. The maximum absolute atomic E-state index is 12.5. The molecule has 6 nitrogen and oxygen atoms in total. The molecule has 1 aromatic heterocycles. The Morgan fingerprint density at radius 3 is 2.12 bits per heavy atom. The Labute approximate surface area is 153 Å². The lowest BCUT2D eigenvalue weighted by Gasteiger charge is -2.16. The van der Waals surface area contributed by atoms with Crippen molar-refractivity contribution in [3.63, 3.8) is 0 Å². The number of pyridine rings is 1. The normalized spacial score (nSPS) is 11.2. The standard InChI is InChI=1S/C20H27NO5/c1-6-24-20(23)16-8-17(22)14-7-18(25-10-12(2)3)19(9-15(14)21-16)26-11-13(4)5/h7-9,12-13H,6,10-11H2,1-5H3,(H,21,22). The number of fused-ring (bicyclic) bond motifs is 1. The van der Waals surface area contributed by atoms with Gasteiger partial charge in [-0.1, -0.05) is 27.7 Å². The third-order valence-electron chi connectivity index (χ3n) is 3.53. The zero-order chi connectivity index (χ0) is 19.3. The minimum atomic E-state index is -0.559. The zero-order valence-corrected chi connectivity index (χ0v) is 16.0. The van der Waals surface area contributed by atoms with E-state index < -0.39 is 5.97 Å². The second-order valence-electron chi connectivity index (χ2n) is 7.02. The van der Waals surface area contributed by atoms with Crippen LogP contribution >= 0.6 is 0 Å². The Balaban J connectivity index is 2.50. The lowest BCUT2D eigenvalue weighted by atomic mass is 10.1. The van der Waals surface area contributed by atoms with Gasteiger partial charge in [0.2, 0.25) is 0 Å². The molecule has 0 atom stereocenters. The summed E-state index contributed by atoms with van der Waals surface area (Å²) >= 11 is 0. The number of rotatable bonds is 8. The number of hydrogen-bond donors (Lipinski definition) is 1. The summed E-state index contributed by atoms with van der Waals surface area (Å²) in [5.41, 5.74) is 0.359. The highest BCUT2D eigenvalue weighted by Gasteiger charge is 2.15. The molecule has 1 heterocycles. The van der Waals surface area contributed by atoms with Crippen LogP contribution in [0.1, 0.15) is 45.1 Å². The second kappa shape index (κ2) is 8.74. The van der Waals surface area contributed by atoms with Crippen LogP contribution in [0.3, 0.4) is 0 Å². The van der Waals surface area contributed by atoms with Gasteiger partial charge < -0.3 is 19.2 Å². The smallest absolute Gasteiger partial charge is 0.354 e. The van der Waals surface area contributed by atoms with E-state index in [1.54, 1.807) is 19.1 Å². The van der Waals surface area contributed by atoms with Crippen molar-refractivity contribution in [2.45, 2.75) is 34.6 Å². The maximum atomic E-state index is 12.5. The van der Waals surface area contributed by atoms with E-state index in [2.05, 4.69) is 18.8 Å². The van der Waals surface area contributed by atoms with Crippen LogP contribution in [0, 0.1) is 11.8 Å². The molecule has 6 heteroatoms. The monoisotopic (exact) mass is 361 g/mol. The minimum absolute atomic E-state index is 0.120. The van der Waals surface area contributed by atoms with Gasteiger partial charge in [0, 0.05) is 17.5 Å². The van der Waals surface area contributed by atoms with Gasteiger partial charge in [-0.25, -0.2) is 4.79 Å². The Morgan fingerprint density at radius 2 is 1.58 bits per heavy atom. The number of H-pyrrole nitrogens is 1. The topological polar surface area (TPSA) is 77.6 Å². The molecule has 0 radical (unpaired) electrons. The molecule has 0 bridgehead atoms. The zero-order valence-electron chi connectivity index (χ0n) is 16.0. The molecule has 1 N–H and O–H groups in total. The van der Waals surface area contributed by atoms with E-state index in [0.29, 0.717) is 47.5 Å². The van der Waals surface area contributed by atoms with Gasteiger partial charge in [-0.05, 0) is 24.8 Å².